The number of carbonyl (C=O) groups is 3. The normalized spacial score (nSPS) is 19.3. The van der Waals surface area contributed by atoms with Gasteiger partial charge in [-0.05, 0) is 50.4 Å². The number of amides is 2. The van der Waals surface area contributed by atoms with E-state index in [1.165, 1.54) is 7.11 Å². The SMILES string of the molecule is COC(=O)C1CCC[C@@H]1NC(=O)C(CCCN)NC(=O)c1cccc(N(C)C)c1. The lowest BCUT2D eigenvalue weighted by Gasteiger charge is -2.24. The maximum absolute atomic E-state index is 12.9. The monoisotopic (exact) mass is 404 g/mol. The standard InChI is InChI=1S/C21H32N4O4/c1-25(2)15-8-4-7-14(13-15)19(26)24-18(11-6-12-22)20(27)23-17-10-5-9-16(17)21(28)29-3/h4,7-8,13,16-18H,5-6,9-12,22H2,1-3H3,(H,23,27)(H,24,26)/t16?,17-,18?/m0/s1. The van der Waals surface area contributed by atoms with Crippen molar-refractivity contribution in [1.29, 1.82) is 0 Å². The van der Waals surface area contributed by atoms with Gasteiger partial charge in [-0.15, -0.1) is 0 Å². The number of nitrogens with two attached hydrogens (primary N) is 1. The molecule has 1 aliphatic carbocycles. The summed E-state index contributed by atoms with van der Waals surface area (Å²) in [6, 6.07) is 6.21. The maximum Gasteiger partial charge on any atom is 0.310 e. The number of anilines is 1. The molecule has 1 fully saturated rings. The molecule has 1 aromatic carbocycles. The Balaban J connectivity index is 2.08. The molecule has 2 amide bonds. The second kappa shape index (κ2) is 10.8. The molecular weight excluding hydrogens is 372 g/mol. The van der Waals surface area contributed by atoms with Crippen molar-refractivity contribution in [3.05, 3.63) is 29.8 Å². The van der Waals surface area contributed by atoms with Crippen LogP contribution in [-0.4, -0.2) is 57.6 Å². The van der Waals surface area contributed by atoms with Crippen LogP contribution in [0.3, 0.4) is 0 Å². The van der Waals surface area contributed by atoms with Crippen LogP contribution in [0.5, 0.6) is 0 Å². The van der Waals surface area contributed by atoms with E-state index in [-0.39, 0.29) is 29.7 Å². The predicted octanol–water partition coefficient (Wildman–Crippen LogP) is 1.05. The number of methoxy groups -OCH3 is 1. The van der Waals surface area contributed by atoms with Crippen LogP contribution >= 0.6 is 0 Å². The minimum atomic E-state index is -0.715. The van der Waals surface area contributed by atoms with E-state index >= 15 is 0 Å². The average Bonchev–Trinajstić information content (AvgIpc) is 3.18. The zero-order valence-corrected chi connectivity index (χ0v) is 17.4. The lowest BCUT2D eigenvalue weighted by atomic mass is 10.0. The van der Waals surface area contributed by atoms with Crippen LogP contribution in [0.25, 0.3) is 0 Å². The fourth-order valence-electron chi connectivity index (χ4n) is 3.61. The van der Waals surface area contributed by atoms with Gasteiger partial charge in [-0.3, -0.25) is 14.4 Å². The molecule has 8 heteroatoms. The molecule has 0 aliphatic heterocycles. The quantitative estimate of drug-likeness (QED) is 0.530. The number of carbonyl (C=O) groups excluding carboxylic acids is 3. The largest absolute Gasteiger partial charge is 0.469 e. The van der Waals surface area contributed by atoms with Crippen LogP contribution in [0.1, 0.15) is 42.5 Å². The summed E-state index contributed by atoms with van der Waals surface area (Å²) in [7, 11) is 5.15. The van der Waals surface area contributed by atoms with Crippen molar-refractivity contribution in [2.75, 3.05) is 32.6 Å². The highest BCUT2D eigenvalue weighted by atomic mass is 16.5. The molecule has 2 unspecified atom stereocenters. The van der Waals surface area contributed by atoms with E-state index in [0.717, 1.165) is 12.1 Å². The summed E-state index contributed by atoms with van der Waals surface area (Å²) in [5.41, 5.74) is 6.98. The first-order valence-corrected chi connectivity index (χ1v) is 10.0. The molecule has 4 N–H and O–H groups in total. The number of benzene rings is 1. The second-order valence-electron chi connectivity index (χ2n) is 7.58. The molecule has 0 radical (unpaired) electrons. The molecule has 3 atom stereocenters. The molecule has 0 spiro atoms. The molecular formula is C21H32N4O4. The van der Waals surface area contributed by atoms with Crippen molar-refractivity contribution in [2.45, 2.75) is 44.2 Å². The van der Waals surface area contributed by atoms with Crippen LogP contribution in [-0.2, 0) is 14.3 Å². The molecule has 1 saturated carbocycles. The summed E-state index contributed by atoms with van der Waals surface area (Å²) in [6.45, 7) is 0.421. The molecule has 29 heavy (non-hydrogen) atoms. The predicted molar refractivity (Wildman–Crippen MR) is 112 cm³/mol. The molecule has 0 heterocycles. The number of esters is 1. The van der Waals surface area contributed by atoms with Crippen molar-refractivity contribution in [3.8, 4) is 0 Å². The molecule has 160 valence electrons. The first-order valence-electron chi connectivity index (χ1n) is 10.0. The smallest absolute Gasteiger partial charge is 0.310 e. The summed E-state index contributed by atoms with van der Waals surface area (Å²) in [5, 5.41) is 5.76. The van der Waals surface area contributed by atoms with Crippen LogP contribution in [0.15, 0.2) is 24.3 Å². The molecule has 1 aliphatic rings. The van der Waals surface area contributed by atoms with Crippen molar-refractivity contribution in [3.63, 3.8) is 0 Å². The van der Waals surface area contributed by atoms with Gasteiger partial charge in [0.15, 0.2) is 0 Å². The number of nitrogens with one attached hydrogen (secondary N) is 2. The topological polar surface area (TPSA) is 114 Å². The van der Waals surface area contributed by atoms with Gasteiger partial charge in [0, 0.05) is 31.4 Å². The van der Waals surface area contributed by atoms with Crippen LogP contribution in [0.2, 0.25) is 0 Å². The molecule has 0 bridgehead atoms. The van der Waals surface area contributed by atoms with Gasteiger partial charge in [0.1, 0.15) is 6.04 Å². The third kappa shape index (κ3) is 6.19. The number of hydrogen-bond donors (Lipinski definition) is 3. The highest BCUT2D eigenvalue weighted by Crippen LogP contribution is 2.27. The Morgan fingerprint density at radius 1 is 1.28 bits per heavy atom. The maximum atomic E-state index is 12.9. The number of nitrogens with zero attached hydrogens (tertiary/aromatic N) is 1. The van der Waals surface area contributed by atoms with Crippen molar-refractivity contribution in [2.24, 2.45) is 11.7 Å². The number of hydrogen-bond acceptors (Lipinski definition) is 6. The zero-order chi connectivity index (χ0) is 21.4. The van der Waals surface area contributed by atoms with Crippen molar-refractivity contribution >= 4 is 23.5 Å². The summed E-state index contributed by atoms with van der Waals surface area (Å²) < 4.78 is 4.84. The highest BCUT2D eigenvalue weighted by Gasteiger charge is 2.36. The first kappa shape index (κ1) is 22.7. The van der Waals surface area contributed by atoms with Gasteiger partial charge in [0.2, 0.25) is 5.91 Å². The van der Waals surface area contributed by atoms with Crippen molar-refractivity contribution in [1.82, 2.24) is 10.6 Å². The highest BCUT2D eigenvalue weighted by molar-refractivity contribution is 5.98. The zero-order valence-electron chi connectivity index (χ0n) is 17.4. The van der Waals surface area contributed by atoms with Gasteiger partial charge in [0.25, 0.3) is 5.91 Å². The molecule has 8 nitrogen and oxygen atoms in total. The Labute approximate surface area is 172 Å². The number of ether oxygens (including phenoxy) is 1. The first-order chi connectivity index (χ1) is 13.9. The van der Waals surface area contributed by atoms with Gasteiger partial charge in [-0.2, -0.15) is 0 Å². The van der Waals surface area contributed by atoms with Gasteiger partial charge in [-0.1, -0.05) is 12.5 Å². The Hall–Kier alpha value is -2.61. The fourth-order valence-corrected chi connectivity index (χ4v) is 3.61. The van der Waals surface area contributed by atoms with Gasteiger partial charge in [0.05, 0.1) is 13.0 Å². The van der Waals surface area contributed by atoms with E-state index in [1.54, 1.807) is 18.2 Å². The van der Waals surface area contributed by atoms with Crippen molar-refractivity contribution < 1.29 is 19.1 Å². The van der Waals surface area contributed by atoms with Gasteiger partial charge in [-0.25, -0.2) is 0 Å². The van der Waals surface area contributed by atoms with E-state index in [9.17, 15) is 14.4 Å². The minimum Gasteiger partial charge on any atom is -0.469 e. The van der Waals surface area contributed by atoms with E-state index in [0.29, 0.717) is 37.8 Å². The molecule has 0 saturated heterocycles. The van der Waals surface area contributed by atoms with E-state index in [4.69, 9.17) is 10.5 Å². The second-order valence-corrected chi connectivity index (χ2v) is 7.58. The van der Waals surface area contributed by atoms with Crippen LogP contribution in [0.4, 0.5) is 5.69 Å². The average molecular weight is 405 g/mol. The molecule has 1 aromatic rings. The Morgan fingerprint density at radius 2 is 2.03 bits per heavy atom. The lowest BCUT2D eigenvalue weighted by Crippen LogP contribution is -2.51. The Kier molecular flexibility index (Phi) is 8.45. The van der Waals surface area contributed by atoms with Crippen LogP contribution in [0, 0.1) is 5.92 Å². The third-order valence-electron chi connectivity index (χ3n) is 5.29. The Morgan fingerprint density at radius 3 is 2.69 bits per heavy atom. The van der Waals surface area contributed by atoms with E-state index in [1.807, 2.05) is 25.1 Å². The molecule has 2 rings (SSSR count). The molecule has 0 aromatic heterocycles. The lowest BCUT2D eigenvalue weighted by molar-refractivity contribution is -0.146. The summed E-state index contributed by atoms with van der Waals surface area (Å²) >= 11 is 0. The summed E-state index contributed by atoms with van der Waals surface area (Å²) in [4.78, 5) is 39.5. The Bertz CT molecular complexity index is 722. The van der Waals surface area contributed by atoms with E-state index < -0.39 is 6.04 Å². The number of rotatable bonds is 9. The minimum absolute atomic E-state index is 0.274. The van der Waals surface area contributed by atoms with Gasteiger partial charge >= 0.3 is 5.97 Å². The third-order valence-corrected chi connectivity index (χ3v) is 5.29. The van der Waals surface area contributed by atoms with Crippen LogP contribution < -0.4 is 21.3 Å². The summed E-state index contributed by atoms with van der Waals surface area (Å²) in [5.74, 6) is -1.26. The van der Waals surface area contributed by atoms with E-state index in [2.05, 4.69) is 10.6 Å². The summed E-state index contributed by atoms with van der Waals surface area (Å²) in [6.07, 6.45) is 3.28. The van der Waals surface area contributed by atoms with Gasteiger partial charge < -0.3 is 26.0 Å². The fraction of sp³-hybridized carbons (Fsp3) is 0.571.